The molecule has 0 amide bonds. The van der Waals surface area contributed by atoms with Crippen LogP contribution in [-0.4, -0.2) is 39.6 Å². The van der Waals surface area contributed by atoms with Crippen molar-refractivity contribution in [1.82, 2.24) is 19.4 Å². The van der Waals surface area contributed by atoms with Gasteiger partial charge in [-0.25, -0.2) is 4.98 Å². The van der Waals surface area contributed by atoms with Gasteiger partial charge in [-0.2, -0.15) is 0 Å². The summed E-state index contributed by atoms with van der Waals surface area (Å²) < 4.78 is 2.18. The normalized spacial score (nSPS) is 11.5. The van der Waals surface area contributed by atoms with Gasteiger partial charge in [-0.3, -0.25) is 4.98 Å². The van der Waals surface area contributed by atoms with Gasteiger partial charge in [0.1, 0.15) is 11.3 Å². The summed E-state index contributed by atoms with van der Waals surface area (Å²) in [5.74, 6) is 1.35. The number of nitrogens with zero attached hydrogens (tertiary/aromatic N) is 4. The Kier molecular flexibility index (Phi) is 3.97. The van der Waals surface area contributed by atoms with Crippen molar-refractivity contribution < 1.29 is 0 Å². The van der Waals surface area contributed by atoms with Crippen molar-refractivity contribution in [2.45, 2.75) is 19.3 Å². The number of likely N-dealkylation sites (N-methyl/N-ethyl adjacent to an activating group) is 1. The van der Waals surface area contributed by atoms with Gasteiger partial charge in [-0.15, -0.1) is 11.6 Å². The molecule has 0 saturated heterocycles. The van der Waals surface area contributed by atoms with Crippen LogP contribution in [0.2, 0.25) is 0 Å². The van der Waals surface area contributed by atoms with Crippen molar-refractivity contribution in [3.63, 3.8) is 0 Å². The maximum atomic E-state index is 5.94. The summed E-state index contributed by atoms with van der Waals surface area (Å²) in [6.45, 7) is 5.10. The fraction of sp³-hybridized carbons (Fsp3) is 0.500. The van der Waals surface area contributed by atoms with E-state index in [-0.39, 0.29) is 0 Å². The topological polar surface area (TPSA) is 34.0 Å². The van der Waals surface area contributed by atoms with Gasteiger partial charge in [-0.05, 0) is 19.7 Å². The Morgan fingerprint density at radius 3 is 3.00 bits per heavy atom. The Labute approximate surface area is 106 Å². The summed E-state index contributed by atoms with van der Waals surface area (Å²) in [5.41, 5.74) is 2.03. The summed E-state index contributed by atoms with van der Waals surface area (Å²) in [4.78, 5) is 10.8. The summed E-state index contributed by atoms with van der Waals surface area (Å²) in [6.07, 6.45) is 3.58. The molecule has 5 heteroatoms. The SMILES string of the molecule is CCN(C)CCn1c(CCl)nc2cnccc21. The van der Waals surface area contributed by atoms with E-state index in [1.807, 2.05) is 6.07 Å². The lowest BCUT2D eigenvalue weighted by atomic mass is 10.4. The van der Waals surface area contributed by atoms with Crippen molar-refractivity contribution in [2.24, 2.45) is 0 Å². The van der Waals surface area contributed by atoms with Crippen LogP contribution in [0.25, 0.3) is 11.0 Å². The molecule has 2 heterocycles. The number of alkyl halides is 1. The highest BCUT2D eigenvalue weighted by molar-refractivity contribution is 6.16. The Morgan fingerprint density at radius 1 is 1.47 bits per heavy atom. The lowest BCUT2D eigenvalue weighted by Gasteiger charge is -2.15. The molecule has 0 aliphatic heterocycles. The van der Waals surface area contributed by atoms with Crippen LogP contribution < -0.4 is 0 Å². The molecular weight excluding hydrogens is 236 g/mol. The lowest BCUT2D eigenvalue weighted by Crippen LogP contribution is -2.23. The molecule has 0 N–H and O–H groups in total. The largest absolute Gasteiger partial charge is 0.326 e. The van der Waals surface area contributed by atoms with E-state index < -0.39 is 0 Å². The van der Waals surface area contributed by atoms with Crippen molar-refractivity contribution in [2.75, 3.05) is 20.1 Å². The predicted octanol–water partition coefficient (Wildman–Crippen LogP) is 2.12. The van der Waals surface area contributed by atoms with Crippen LogP contribution in [0.3, 0.4) is 0 Å². The molecule has 2 rings (SSSR count). The Balaban J connectivity index is 2.30. The summed E-state index contributed by atoms with van der Waals surface area (Å²) in [7, 11) is 2.11. The molecule has 0 bridgehead atoms. The van der Waals surface area contributed by atoms with Crippen LogP contribution in [0, 0.1) is 0 Å². The van der Waals surface area contributed by atoms with Crippen LogP contribution in [0.5, 0.6) is 0 Å². The number of fused-ring (bicyclic) bond motifs is 1. The maximum absolute atomic E-state index is 5.94. The van der Waals surface area contributed by atoms with Gasteiger partial charge >= 0.3 is 0 Å². The Hall–Kier alpha value is -1.13. The monoisotopic (exact) mass is 252 g/mol. The first kappa shape index (κ1) is 12.3. The van der Waals surface area contributed by atoms with Crippen LogP contribution in [0.15, 0.2) is 18.5 Å². The third kappa shape index (κ3) is 2.58. The first-order chi connectivity index (χ1) is 8.26. The fourth-order valence-corrected chi connectivity index (χ4v) is 2.02. The molecule has 17 heavy (non-hydrogen) atoms. The molecule has 92 valence electrons. The minimum Gasteiger partial charge on any atom is -0.326 e. The number of pyridine rings is 1. The number of imidazole rings is 1. The van der Waals surface area contributed by atoms with E-state index in [0.29, 0.717) is 5.88 Å². The van der Waals surface area contributed by atoms with Gasteiger partial charge in [0, 0.05) is 19.3 Å². The first-order valence-electron chi connectivity index (χ1n) is 5.80. The van der Waals surface area contributed by atoms with E-state index in [4.69, 9.17) is 11.6 Å². The van der Waals surface area contributed by atoms with Crippen LogP contribution >= 0.6 is 11.6 Å². The lowest BCUT2D eigenvalue weighted by molar-refractivity contribution is 0.335. The Bertz CT molecular complexity index is 494. The van der Waals surface area contributed by atoms with Gasteiger partial charge in [-0.1, -0.05) is 6.92 Å². The molecule has 0 saturated carbocycles. The highest BCUT2D eigenvalue weighted by atomic mass is 35.5. The van der Waals surface area contributed by atoms with Crippen molar-refractivity contribution in [3.8, 4) is 0 Å². The van der Waals surface area contributed by atoms with Crippen LogP contribution in [0.4, 0.5) is 0 Å². The number of rotatable bonds is 5. The first-order valence-corrected chi connectivity index (χ1v) is 6.33. The molecule has 2 aromatic rings. The quantitative estimate of drug-likeness (QED) is 0.765. The van der Waals surface area contributed by atoms with Crippen molar-refractivity contribution in [3.05, 3.63) is 24.3 Å². The number of halogens is 1. The molecule has 0 spiro atoms. The zero-order chi connectivity index (χ0) is 12.3. The van der Waals surface area contributed by atoms with Gasteiger partial charge in [0.25, 0.3) is 0 Å². The second-order valence-electron chi connectivity index (χ2n) is 4.07. The van der Waals surface area contributed by atoms with E-state index in [0.717, 1.165) is 36.5 Å². The molecule has 0 aliphatic rings. The van der Waals surface area contributed by atoms with Crippen molar-refractivity contribution in [1.29, 1.82) is 0 Å². The zero-order valence-electron chi connectivity index (χ0n) is 10.2. The number of hydrogen-bond donors (Lipinski definition) is 0. The second-order valence-corrected chi connectivity index (χ2v) is 4.34. The average molecular weight is 253 g/mol. The van der Waals surface area contributed by atoms with Gasteiger partial charge in [0.2, 0.25) is 0 Å². The highest BCUT2D eigenvalue weighted by Crippen LogP contribution is 2.16. The Morgan fingerprint density at radius 2 is 2.29 bits per heavy atom. The van der Waals surface area contributed by atoms with E-state index in [1.54, 1.807) is 12.4 Å². The predicted molar refractivity (Wildman–Crippen MR) is 70.3 cm³/mol. The van der Waals surface area contributed by atoms with E-state index in [2.05, 4.69) is 33.4 Å². The molecule has 0 atom stereocenters. The molecular formula is C12H17ClN4. The van der Waals surface area contributed by atoms with Crippen LogP contribution in [0.1, 0.15) is 12.7 Å². The van der Waals surface area contributed by atoms with E-state index >= 15 is 0 Å². The van der Waals surface area contributed by atoms with Gasteiger partial charge in [0.05, 0.1) is 17.6 Å². The molecule has 0 fully saturated rings. The third-order valence-corrected chi connectivity index (χ3v) is 3.23. The van der Waals surface area contributed by atoms with Crippen molar-refractivity contribution >= 4 is 22.6 Å². The van der Waals surface area contributed by atoms with Gasteiger partial charge in [0.15, 0.2) is 0 Å². The fourth-order valence-electron chi connectivity index (χ4n) is 1.81. The zero-order valence-corrected chi connectivity index (χ0v) is 11.0. The number of hydrogen-bond acceptors (Lipinski definition) is 3. The molecule has 0 radical (unpaired) electrons. The molecule has 2 aromatic heterocycles. The average Bonchev–Trinajstić information content (AvgIpc) is 2.73. The minimum absolute atomic E-state index is 0.435. The molecule has 4 nitrogen and oxygen atoms in total. The number of aromatic nitrogens is 3. The van der Waals surface area contributed by atoms with Crippen LogP contribution in [-0.2, 0) is 12.4 Å². The molecule has 0 aliphatic carbocycles. The van der Waals surface area contributed by atoms with E-state index in [9.17, 15) is 0 Å². The summed E-state index contributed by atoms with van der Waals surface area (Å²) in [6, 6.07) is 1.99. The second kappa shape index (κ2) is 5.47. The highest BCUT2D eigenvalue weighted by Gasteiger charge is 2.09. The summed E-state index contributed by atoms with van der Waals surface area (Å²) >= 11 is 5.94. The summed E-state index contributed by atoms with van der Waals surface area (Å²) in [5, 5.41) is 0. The maximum Gasteiger partial charge on any atom is 0.124 e. The standard InChI is InChI=1S/C12H17ClN4/c1-3-16(2)6-7-17-11-4-5-14-9-10(11)15-12(17)8-13/h4-5,9H,3,6-8H2,1-2H3. The molecule has 0 unspecified atom stereocenters. The molecule has 0 aromatic carbocycles. The third-order valence-electron chi connectivity index (χ3n) is 2.99. The minimum atomic E-state index is 0.435. The smallest absolute Gasteiger partial charge is 0.124 e. The van der Waals surface area contributed by atoms with Gasteiger partial charge < -0.3 is 9.47 Å². The van der Waals surface area contributed by atoms with E-state index in [1.165, 1.54) is 0 Å².